The third kappa shape index (κ3) is 4.86. The number of alkyl halides is 1. The number of rotatable bonds is 5. The van der Waals surface area contributed by atoms with Gasteiger partial charge in [-0.1, -0.05) is 19.4 Å². The lowest BCUT2D eigenvalue weighted by Gasteiger charge is -2.15. The summed E-state index contributed by atoms with van der Waals surface area (Å²) in [7, 11) is 0. The van der Waals surface area contributed by atoms with Crippen molar-refractivity contribution < 1.29 is 4.39 Å². The van der Waals surface area contributed by atoms with E-state index in [1.54, 1.807) is 6.08 Å². The summed E-state index contributed by atoms with van der Waals surface area (Å²) in [5.41, 5.74) is 0. The Bertz CT molecular complexity index is 99.4. The number of unbranched alkanes of at least 4 members (excludes halogenated alkanes) is 1. The molecule has 0 saturated heterocycles. The highest BCUT2D eigenvalue weighted by molar-refractivity contribution is 7.81. The van der Waals surface area contributed by atoms with Crippen LogP contribution in [-0.2, 0) is 0 Å². The average molecular weight is 162 g/mol. The van der Waals surface area contributed by atoms with Crippen LogP contribution in [-0.4, -0.2) is 5.00 Å². The second kappa shape index (κ2) is 4.78. The van der Waals surface area contributed by atoms with Crippen LogP contribution in [0.2, 0.25) is 0 Å². The zero-order chi connectivity index (χ0) is 8.04. The normalized spacial score (nSPS) is 16.3. The van der Waals surface area contributed by atoms with Crippen molar-refractivity contribution in [3.05, 3.63) is 12.7 Å². The van der Waals surface area contributed by atoms with E-state index in [1.807, 2.05) is 6.92 Å². The molecule has 0 aromatic rings. The van der Waals surface area contributed by atoms with E-state index in [-0.39, 0.29) is 0 Å². The van der Waals surface area contributed by atoms with Gasteiger partial charge < -0.3 is 0 Å². The molecule has 2 heteroatoms. The van der Waals surface area contributed by atoms with E-state index in [0.29, 0.717) is 12.8 Å². The minimum atomic E-state index is -1.32. The number of halogens is 1. The second-order valence-corrected chi connectivity index (χ2v) is 3.32. The Balaban J connectivity index is 3.51. The fraction of sp³-hybridized carbons (Fsp3) is 0.750. The van der Waals surface area contributed by atoms with Crippen molar-refractivity contribution in [3.63, 3.8) is 0 Å². The van der Waals surface area contributed by atoms with Gasteiger partial charge in [0.25, 0.3) is 0 Å². The molecule has 0 fully saturated rings. The molecular formula is C8H15FS. The second-order valence-electron chi connectivity index (χ2n) is 2.51. The third-order valence-corrected chi connectivity index (χ3v) is 1.78. The maximum atomic E-state index is 13.1. The Hall–Kier alpha value is 0.0200. The monoisotopic (exact) mass is 162 g/mol. The van der Waals surface area contributed by atoms with Gasteiger partial charge in [-0.2, -0.15) is 0 Å². The van der Waals surface area contributed by atoms with Crippen molar-refractivity contribution in [2.45, 2.75) is 37.6 Å². The molecule has 0 aliphatic rings. The Kier molecular flexibility index (Phi) is 4.79. The first-order valence-electron chi connectivity index (χ1n) is 3.64. The van der Waals surface area contributed by atoms with Crippen LogP contribution in [0, 0.1) is 0 Å². The summed E-state index contributed by atoms with van der Waals surface area (Å²) >= 11 is 3.86. The molecule has 0 aliphatic heterocycles. The summed E-state index contributed by atoms with van der Waals surface area (Å²) in [6.07, 6.45) is 4.36. The molecule has 0 rings (SSSR count). The van der Waals surface area contributed by atoms with Crippen LogP contribution in [0.4, 0.5) is 4.39 Å². The fourth-order valence-electron chi connectivity index (χ4n) is 0.771. The van der Waals surface area contributed by atoms with Crippen molar-refractivity contribution in [1.29, 1.82) is 0 Å². The summed E-state index contributed by atoms with van der Waals surface area (Å²) in [4.78, 5) is 0. The number of hydrogen-bond donors (Lipinski definition) is 1. The zero-order valence-electron chi connectivity index (χ0n) is 6.44. The number of allylic oxidation sites excluding steroid dienone is 1. The summed E-state index contributed by atoms with van der Waals surface area (Å²) < 4.78 is 13.1. The van der Waals surface area contributed by atoms with Crippen molar-refractivity contribution in [2.24, 2.45) is 0 Å². The lowest BCUT2D eigenvalue weighted by atomic mass is 10.1. The van der Waals surface area contributed by atoms with E-state index in [1.165, 1.54) is 0 Å². The summed E-state index contributed by atoms with van der Waals surface area (Å²) in [6.45, 7) is 5.50. The van der Waals surface area contributed by atoms with Gasteiger partial charge in [-0.25, -0.2) is 4.39 Å². The quantitative estimate of drug-likeness (QED) is 0.465. The fourth-order valence-corrected chi connectivity index (χ4v) is 1.06. The van der Waals surface area contributed by atoms with Crippen LogP contribution in [0.1, 0.15) is 32.6 Å². The summed E-state index contributed by atoms with van der Waals surface area (Å²) in [5, 5.41) is -1.32. The van der Waals surface area contributed by atoms with Crippen molar-refractivity contribution in [2.75, 3.05) is 0 Å². The van der Waals surface area contributed by atoms with Gasteiger partial charge in [0.2, 0.25) is 0 Å². The molecule has 60 valence electrons. The smallest absolute Gasteiger partial charge is 0.156 e. The average Bonchev–Trinajstić information content (AvgIpc) is 1.84. The highest BCUT2D eigenvalue weighted by atomic mass is 32.1. The molecule has 0 nitrogen and oxygen atoms in total. The Labute approximate surface area is 67.9 Å². The molecule has 0 amide bonds. The van der Waals surface area contributed by atoms with Gasteiger partial charge in [0.15, 0.2) is 5.00 Å². The molecule has 0 aromatic heterocycles. The lowest BCUT2D eigenvalue weighted by molar-refractivity contribution is 0.270. The van der Waals surface area contributed by atoms with Crippen LogP contribution in [0.25, 0.3) is 0 Å². The van der Waals surface area contributed by atoms with Gasteiger partial charge in [0.05, 0.1) is 0 Å². The largest absolute Gasteiger partial charge is 0.232 e. The predicted octanol–water partition coefficient (Wildman–Crippen LogP) is 3.35. The molecule has 0 aromatic carbocycles. The summed E-state index contributed by atoms with van der Waals surface area (Å²) in [6, 6.07) is 0. The maximum Gasteiger partial charge on any atom is 0.156 e. The van der Waals surface area contributed by atoms with E-state index in [0.717, 1.165) is 12.8 Å². The van der Waals surface area contributed by atoms with Crippen molar-refractivity contribution in [1.82, 2.24) is 0 Å². The summed E-state index contributed by atoms with van der Waals surface area (Å²) in [5.74, 6) is 0. The molecule has 0 N–H and O–H groups in total. The topological polar surface area (TPSA) is 0 Å². The van der Waals surface area contributed by atoms with Crippen LogP contribution in [0.15, 0.2) is 12.7 Å². The predicted molar refractivity (Wildman–Crippen MR) is 47.2 cm³/mol. The minimum Gasteiger partial charge on any atom is -0.232 e. The Morgan fingerprint density at radius 1 is 1.70 bits per heavy atom. The molecule has 10 heavy (non-hydrogen) atoms. The maximum absolute atomic E-state index is 13.1. The molecule has 0 spiro atoms. The molecule has 0 aliphatic carbocycles. The van der Waals surface area contributed by atoms with Crippen LogP contribution < -0.4 is 0 Å². The van der Waals surface area contributed by atoms with E-state index < -0.39 is 5.00 Å². The van der Waals surface area contributed by atoms with Gasteiger partial charge in [0, 0.05) is 6.42 Å². The molecule has 0 heterocycles. The van der Waals surface area contributed by atoms with E-state index in [9.17, 15) is 4.39 Å². The molecule has 0 radical (unpaired) electrons. The zero-order valence-corrected chi connectivity index (χ0v) is 7.33. The van der Waals surface area contributed by atoms with E-state index >= 15 is 0 Å². The number of thiol groups is 1. The van der Waals surface area contributed by atoms with E-state index in [4.69, 9.17) is 0 Å². The first-order chi connectivity index (χ1) is 4.62. The highest BCUT2D eigenvalue weighted by Gasteiger charge is 2.20. The molecular weight excluding hydrogens is 147 g/mol. The van der Waals surface area contributed by atoms with E-state index in [2.05, 4.69) is 19.2 Å². The Morgan fingerprint density at radius 3 is 2.70 bits per heavy atom. The van der Waals surface area contributed by atoms with Crippen molar-refractivity contribution in [3.8, 4) is 0 Å². The first-order valence-corrected chi connectivity index (χ1v) is 4.09. The molecule has 1 atom stereocenters. The van der Waals surface area contributed by atoms with Gasteiger partial charge in [0.1, 0.15) is 0 Å². The Morgan fingerprint density at radius 2 is 2.30 bits per heavy atom. The molecule has 0 bridgehead atoms. The van der Waals surface area contributed by atoms with Crippen LogP contribution in [0.5, 0.6) is 0 Å². The van der Waals surface area contributed by atoms with Gasteiger partial charge in [-0.05, 0) is 12.8 Å². The third-order valence-electron chi connectivity index (χ3n) is 1.37. The lowest BCUT2D eigenvalue weighted by Crippen LogP contribution is -2.12. The molecule has 1 unspecified atom stereocenters. The van der Waals surface area contributed by atoms with Crippen molar-refractivity contribution >= 4 is 12.6 Å². The molecule has 0 saturated carbocycles. The number of hydrogen-bond acceptors (Lipinski definition) is 1. The van der Waals surface area contributed by atoms with Gasteiger partial charge in [-0.15, -0.1) is 19.2 Å². The standard InChI is InChI=1S/C8H15FS/c1-3-5-7-8(9,10)6-4-2/h4,10H,2-3,5-7H2,1H3. The van der Waals surface area contributed by atoms with Gasteiger partial charge in [-0.3, -0.25) is 0 Å². The van der Waals surface area contributed by atoms with Crippen LogP contribution >= 0.6 is 12.6 Å². The van der Waals surface area contributed by atoms with Crippen LogP contribution in [0.3, 0.4) is 0 Å². The SMILES string of the molecule is C=CCC(F)(S)CCCC. The highest BCUT2D eigenvalue weighted by Crippen LogP contribution is 2.27. The minimum absolute atomic E-state index is 0.343. The first kappa shape index (κ1) is 10.0. The van der Waals surface area contributed by atoms with Gasteiger partial charge >= 0.3 is 0 Å².